The maximum atomic E-state index is 12.3. The molecule has 3 rings (SSSR count). The van der Waals surface area contributed by atoms with E-state index in [4.69, 9.17) is 4.74 Å². The Labute approximate surface area is 106 Å². The molecule has 0 saturated carbocycles. The quantitative estimate of drug-likeness (QED) is 0.691. The van der Waals surface area contributed by atoms with Gasteiger partial charge in [-0.2, -0.15) is 0 Å². The lowest BCUT2D eigenvalue weighted by atomic mass is 10.0. The predicted molar refractivity (Wildman–Crippen MR) is 65.4 cm³/mol. The molecule has 1 aliphatic carbocycles. The topological polar surface area (TPSA) is 46.6 Å². The van der Waals surface area contributed by atoms with Crippen molar-refractivity contribution in [2.24, 2.45) is 5.92 Å². The molecule has 18 heavy (non-hydrogen) atoms. The van der Waals surface area contributed by atoms with Crippen molar-refractivity contribution < 1.29 is 14.3 Å². The van der Waals surface area contributed by atoms with Crippen LogP contribution in [0.5, 0.6) is 0 Å². The fourth-order valence-electron chi connectivity index (χ4n) is 2.64. The highest BCUT2D eigenvalue weighted by Crippen LogP contribution is 2.28. The normalized spacial score (nSPS) is 23.0. The third kappa shape index (κ3) is 1.82. The maximum Gasteiger partial charge on any atom is 0.234 e. The minimum atomic E-state index is -0.513. The molecule has 1 saturated heterocycles. The first kappa shape index (κ1) is 11.4. The van der Waals surface area contributed by atoms with Gasteiger partial charge in [0.05, 0.1) is 13.2 Å². The van der Waals surface area contributed by atoms with Crippen molar-refractivity contribution >= 4 is 11.7 Å². The largest absolute Gasteiger partial charge is 0.378 e. The summed E-state index contributed by atoms with van der Waals surface area (Å²) in [7, 11) is 0. The van der Waals surface area contributed by atoms with E-state index in [1.165, 1.54) is 0 Å². The van der Waals surface area contributed by atoms with Crippen LogP contribution in [0.4, 0.5) is 0 Å². The highest BCUT2D eigenvalue weighted by atomic mass is 16.5. The minimum Gasteiger partial charge on any atom is -0.378 e. The van der Waals surface area contributed by atoms with Crippen LogP contribution in [0.3, 0.4) is 0 Å². The third-order valence-electron chi connectivity index (χ3n) is 3.64. The number of fused-ring (bicyclic) bond motifs is 1. The van der Waals surface area contributed by atoms with Crippen LogP contribution in [0.15, 0.2) is 24.3 Å². The van der Waals surface area contributed by atoms with E-state index in [0.29, 0.717) is 38.3 Å². The number of carbonyl (C=O) groups is 2. The zero-order chi connectivity index (χ0) is 12.5. The zero-order valence-electron chi connectivity index (χ0n) is 10.1. The number of amides is 1. The van der Waals surface area contributed by atoms with E-state index < -0.39 is 5.92 Å². The Bertz CT molecular complexity index is 492. The lowest BCUT2D eigenvalue weighted by molar-refractivity contribution is -0.137. The average molecular weight is 245 g/mol. The molecule has 0 bridgehead atoms. The molecule has 1 unspecified atom stereocenters. The SMILES string of the molecule is O=C1c2ccccc2CC1C(=O)N1CCOCC1. The summed E-state index contributed by atoms with van der Waals surface area (Å²) >= 11 is 0. The van der Waals surface area contributed by atoms with Gasteiger partial charge >= 0.3 is 0 Å². The van der Waals surface area contributed by atoms with Gasteiger partial charge in [0.1, 0.15) is 5.92 Å². The molecule has 4 heteroatoms. The summed E-state index contributed by atoms with van der Waals surface area (Å²) in [6, 6.07) is 7.50. The second kappa shape index (κ2) is 4.53. The number of Topliss-reactive ketones (excluding diaryl/α,β-unsaturated/α-hetero) is 1. The molecule has 1 aromatic carbocycles. The number of ketones is 1. The molecule has 0 radical (unpaired) electrons. The predicted octanol–water partition coefficient (Wildman–Crippen LogP) is 0.900. The van der Waals surface area contributed by atoms with Gasteiger partial charge in [-0.15, -0.1) is 0 Å². The van der Waals surface area contributed by atoms with Crippen LogP contribution in [0, 0.1) is 5.92 Å². The van der Waals surface area contributed by atoms with E-state index in [-0.39, 0.29) is 11.7 Å². The van der Waals surface area contributed by atoms with Crippen molar-refractivity contribution in [3.05, 3.63) is 35.4 Å². The molecule has 2 aliphatic rings. The van der Waals surface area contributed by atoms with Gasteiger partial charge in [-0.1, -0.05) is 24.3 Å². The van der Waals surface area contributed by atoms with Gasteiger partial charge in [0, 0.05) is 18.7 Å². The first-order valence-corrected chi connectivity index (χ1v) is 6.26. The van der Waals surface area contributed by atoms with Crippen molar-refractivity contribution in [1.29, 1.82) is 0 Å². The van der Waals surface area contributed by atoms with Crippen molar-refractivity contribution in [3.63, 3.8) is 0 Å². The van der Waals surface area contributed by atoms with Crippen LogP contribution < -0.4 is 0 Å². The highest BCUT2D eigenvalue weighted by molar-refractivity contribution is 6.13. The summed E-state index contributed by atoms with van der Waals surface area (Å²) < 4.78 is 5.22. The Kier molecular flexibility index (Phi) is 2.88. The number of carbonyl (C=O) groups excluding carboxylic acids is 2. The van der Waals surface area contributed by atoms with Crippen LogP contribution in [-0.4, -0.2) is 42.9 Å². The van der Waals surface area contributed by atoms with Gasteiger partial charge < -0.3 is 9.64 Å². The number of nitrogens with zero attached hydrogens (tertiary/aromatic N) is 1. The fraction of sp³-hybridized carbons (Fsp3) is 0.429. The van der Waals surface area contributed by atoms with Gasteiger partial charge in [0.2, 0.25) is 5.91 Å². The number of hydrogen-bond acceptors (Lipinski definition) is 3. The summed E-state index contributed by atoms with van der Waals surface area (Å²) in [5.41, 5.74) is 1.71. The molecule has 1 aliphatic heterocycles. The van der Waals surface area contributed by atoms with Crippen molar-refractivity contribution in [2.45, 2.75) is 6.42 Å². The van der Waals surface area contributed by atoms with E-state index in [1.807, 2.05) is 24.3 Å². The minimum absolute atomic E-state index is 0.0258. The highest BCUT2D eigenvalue weighted by Gasteiger charge is 2.37. The smallest absolute Gasteiger partial charge is 0.234 e. The summed E-state index contributed by atoms with van der Waals surface area (Å²) in [4.78, 5) is 26.3. The second-order valence-electron chi connectivity index (χ2n) is 4.72. The van der Waals surface area contributed by atoms with E-state index in [2.05, 4.69) is 0 Å². The van der Waals surface area contributed by atoms with Crippen LogP contribution in [0.2, 0.25) is 0 Å². The van der Waals surface area contributed by atoms with Crippen molar-refractivity contribution in [3.8, 4) is 0 Å². The molecule has 1 atom stereocenters. The van der Waals surface area contributed by atoms with E-state index in [9.17, 15) is 9.59 Å². The van der Waals surface area contributed by atoms with E-state index in [0.717, 1.165) is 5.56 Å². The maximum absolute atomic E-state index is 12.3. The summed E-state index contributed by atoms with van der Waals surface area (Å²) in [6.07, 6.45) is 0.547. The average Bonchev–Trinajstić information content (AvgIpc) is 2.77. The molecule has 0 spiro atoms. The zero-order valence-corrected chi connectivity index (χ0v) is 10.1. The molecule has 94 valence electrons. The van der Waals surface area contributed by atoms with Gasteiger partial charge in [-0.05, 0) is 12.0 Å². The van der Waals surface area contributed by atoms with Gasteiger partial charge in [-0.3, -0.25) is 9.59 Å². The number of morpholine rings is 1. The van der Waals surface area contributed by atoms with E-state index >= 15 is 0 Å². The molecular formula is C14H15NO3. The lowest BCUT2D eigenvalue weighted by Gasteiger charge is -2.28. The lowest BCUT2D eigenvalue weighted by Crippen LogP contribution is -2.45. The molecule has 0 aromatic heterocycles. The van der Waals surface area contributed by atoms with Gasteiger partial charge in [-0.25, -0.2) is 0 Å². The third-order valence-corrected chi connectivity index (χ3v) is 3.64. The number of ether oxygens (including phenoxy) is 1. The Balaban J connectivity index is 1.79. The van der Waals surface area contributed by atoms with Crippen molar-refractivity contribution in [1.82, 2.24) is 4.90 Å². The molecule has 1 aromatic rings. The van der Waals surface area contributed by atoms with Crippen LogP contribution in [0.25, 0.3) is 0 Å². The molecule has 4 nitrogen and oxygen atoms in total. The monoisotopic (exact) mass is 245 g/mol. The molecular weight excluding hydrogens is 230 g/mol. The second-order valence-corrected chi connectivity index (χ2v) is 4.72. The molecule has 1 fully saturated rings. The number of hydrogen-bond donors (Lipinski definition) is 0. The number of rotatable bonds is 1. The standard InChI is InChI=1S/C14H15NO3/c16-13-11-4-2-1-3-10(11)9-12(13)14(17)15-5-7-18-8-6-15/h1-4,12H,5-9H2. The molecule has 1 heterocycles. The summed E-state index contributed by atoms with van der Waals surface area (Å²) in [5, 5.41) is 0. The summed E-state index contributed by atoms with van der Waals surface area (Å²) in [6.45, 7) is 2.33. The molecule has 0 N–H and O–H groups in total. The number of benzene rings is 1. The first-order chi connectivity index (χ1) is 8.77. The van der Waals surface area contributed by atoms with E-state index in [1.54, 1.807) is 4.90 Å². The molecule has 1 amide bonds. The van der Waals surface area contributed by atoms with Gasteiger partial charge in [0.25, 0.3) is 0 Å². The Morgan fingerprint density at radius 1 is 1.22 bits per heavy atom. The van der Waals surface area contributed by atoms with Crippen LogP contribution in [-0.2, 0) is 16.0 Å². The Morgan fingerprint density at radius 3 is 2.67 bits per heavy atom. The van der Waals surface area contributed by atoms with Crippen LogP contribution in [0.1, 0.15) is 15.9 Å². The van der Waals surface area contributed by atoms with Crippen LogP contribution >= 0.6 is 0 Å². The van der Waals surface area contributed by atoms with Crippen molar-refractivity contribution in [2.75, 3.05) is 26.3 Å². The summed E-state index contributed by atoms with van der Waals surface area (Å²) in [5.74, 6) is -0.581. The fourth-order valence-corrected chi connectivity index (χ4v) is 2.64. The Hall–Kier alpha value is -1.68. The Morgan fingerprint density at radius 2 is 1.94 bits per heavy atom. The first-order valence-electron chi connectivity index (χ1n) is 6.26. The van der Waals surface area contributed by atoms with Gasteiger partial charge in [0.15, 0.2) is 5.78 Å².